The normalized spacial score (nSPS) is 13.3. The van der Waals surface area contributed by atoms with Gasteiger partial charge in [0.1, 0.15) is 10.7 Å². The molecule has 0 aliphatic rings. The minimum Gasteiger partial charge on any atom is -0.345 e. The second-order valence-corrected chi connectivity index (χ2v) is 4.85. The first-order valence-corrected chi connectivity index (χ1v) is 6.33. The van der Waals surface area contributed by atoms with E-state index in [1.807, 2.05) is 12.3 Å². The fraction of sp³-hybridized carbons (Fsp3) is 0.364. The smallest absolute Gasteiger partial charge is 0.345 e. The zero-order valence-electron chi connectivity index (χ0n) is 10.2. The summed E-state index contributed by atoms with van der Waals surface area (Å²) in [6.45, 7) is 3.65. The lowest BCUT2D eigenvalue weighted by Crippen LogP contribution is -2.13. The van der Waals surface area contributed by atoms with Crippen LogP contribution in [0.1, 0.15) is 29.4 Å². The minimum absolute atomic E-state index is 0.0600. The van der Waals surface area contributed by atoms with E-state index in [1.165, 1.54) is 11.3 Å². The third-order valence-corrected chi connectivity index (χ3v) is 3.44. The number of alkyl halides is 3. The molecule has 1 N–H and O–H groups in total. The number of thiazole rings is 1. The van der Waals surface area contributed by atoms with Crippen molar-refractivity contribution in [3.63, 3.8) is 0 Å². The molecular formula is C11H11F3N4S. The van der Waals surface area contributed by atoms with Crippen molar-refractivity contribution < 1.29 is 13.2 Å². The molecule has 2 rings (SSSR count). The van der Waals surface area contributed by atoms with Crippen molar-refractivity contribution >= 4 is 17.3 Å². The van der Waals surface area contributed by atoms with Gasteiger partial charge in [0.2, 0.25) is 5.95 Å². The average molecular weight is 288 g/mol. The molecule has 0 unspecified atom stereocenters. The minimum atomic E-state index is -4.47. The van der Waals surface area contributed by atoms with Gasteiger partial charge in [0.15, 0.2) is 0 Å². The van der Waals surface area contributed by atoms with Crippen molar-refractivity contribution in [1.82, 2.24) is 15.0 Å². The summed E-state index contributed by atoms with van der Waals surface area (Å²) in [5, 5.41) is 5.46. The number of hydrogen-bond acceptors (Lipinski definition) is 5. The Kier molecular flexibility index (Phi) is 3.70. The Morgan fingerprint density at radius 3 is 2.63 bits per heavy atom. The SMILES string of the molecule is Cc1csc([C@H](C)Nc2nccc(C(F)(F)F)n2)n1. The number of anilines is 1. The molecule has 0 aromatic carbocycles. The summed E-state index contributed by atoms with van der Waals surface area (Å²) >= 11 is 1.44. The average Bonchev–Trinajstić information content (AvgIpc) is 2.75. The summed E-state index contributed by atoms with van der Waals surface area (Å²) in [7, 11) is 0. The molecule has 8 heteroatoms. The molecule has 0 aliphatic carbocycles. The summed E-state index contributed by atoms with van der Waals surface area (Å²) in [5.74, 6) is -0.0600. The fourth-order valence-corrected chi connectivity index (χ4v) is 2.22. The lowest BCUT2D eigenvalue weighted by Gasteiger charge is -2.12. The van der Waals surface area contributed by atoms with Gasteiger partial charge in [-0.05, 0) is 19.9 Å². The molecule has 2 aromatic rings. The van der Waals surface area contributed by atoms with Crippen LogP contribution in [0.3, 0.4) is 0 Å². The maximum atomic E-state index is 12.5. The highest BCUT2D eigenvalue weighted by molar-refractivity contribution is 7.09. The van der Waals surface area contributed by atoms with Crippen molar-refractivity contribution in [3.05, 3.63) is 34.0 Å². The number of halogens is 3. The van der Waals surface area contributed by atoms with Gasteiger partial charge >= 0.3 is 6.18 Å². The highest BCUT2D eigenvalue weighted by Crippen LogP contribution is 2.28. The number of rotatable bonds is 3. The Hall–Kier alpha value is -1.70. The summed E-state index contributed by atoms with van der Waals surface area (Å²) in [6.07, 6.45) is -3.39. The largest absolute Gasteiger partial charge is 0.433 e. The predicted octanol–water partition coefficient (Wildman–Crippen LogP) is 3.43. The Balaban J connectivity index is 2.15. The number of hydrogen-bond donors (Lipinski definition) is 1. The Labute approximate surface area is 111 Å². The third kappa shape index (κ3) is 3.40. The van der Waals surface area contributed by atoms with Gasteiger partial charge in [-0.1, -0.05) is 0 Å². The molecule has 0 saturated heterocycles. The van der Waals surface area contributed by atoms with Crippen molar-refractivity contribution in [1.29, 1.82) is 0 Å². The van der Waals surface area contributed by atoms with Crippen molar-refractivity contribution in [2.24, 2.45) is 0 Å². The maximum absolute atomic E-state index is 12.5. The van der Waals surface area contributed by atoms with E-state index >= 15 is 0 Å². The van der Waals surface area contributed by atoms with Gasteiger partial charge < -0.3 is 5.32 Å². The summed E-state index contributed by atoms with van der Waals surface area (Å²) in [4.78, 5) is 11.5. The topological polar surface area (TPSA) is 50.7 Å². The van der Waals surface area contributed by atoms with Crippen LogP contribution < -0.4 is 5.32 Å². The molecule has 4 nitrogen and oxygen atoms in total. The summed E-state index contributed by atoms with van der Waals surface area (Å²) in [5.41, 5.74) is -0.0915. The van der Waals surface area contributed by atoms with Gasteiger partial charge in [-0.25, -0.2) is 15.0 Å². The van der Waals surface area contributed by atoms with Gasteiger partial charge in [0.05, 0.1) is 6.04 Å². The molecule has 0 spiro atoms. The van der Waals surface area contributed by atoms with Crippen molar-refractivity contribution in [2.75, 3.05) is 5.32 Å². The molecule has 0 amide bonds. The van der Waals surface area contributed by atoms with Crippen LogP contribution in [-0.2, 0) is 6.18 Å². The van der Waals surface area contributed by atoms with Gasteiger partial charge in [-0.15, -0.1) is 11.3 Å². The molecule has 0 radical (unpaired) electrons. The zero-order valence-corrected chi connectivity index (χ0v) is 11.0. The molecule has 1 atom stereocenters. The molecule has 19 heavy (non-hydrogen) atoms. The van der Waals surface area contributed by atoms with Crippen LogP contribution in [0.5, 0.6) is 0 Å². The number of aryl methyl sites for hydroxylation is 1. The van der Waals surface area contributed by atoms with Crippen LogP contribution in [0.4, 0.5) is 19.1 Å². The number of aromatic nitrogens is 3. The van der Waals surface area contributed by atoms with E-state index in [9.17, 15) is 13.2 Å². The molecule has 0 bridgehead atoms. The van der Waals surface area contributed by atoms with Crippen molar-refractivity contribution in [2.45, 2.75) is 26.1 Å². The molecule has 102 valence electrons. The maximum Gasteiger partial charge on any atom is 0.433 e. The predicted molar refractivity (Wildman–Crippen MR) is 65.9 cm³/mol. The van der Waals surface area contributed by atoms with Gasteiger partial charge in [0, 0.05) is 17.3 Å². The number of nitrogens with zero attached hydrogens (tertiary/aromatic N) is 3. The lowest BCUT2D eigenvalue weighted by atomic mass is 10.3. The van der Waals surface area contributed by atoms with Crippen molar-refractivity contribution in [3.8, 4) is 0 Å². The molecule has 2 heterocycles. The van der Waals surface area contributed by atoms with Crippen LogP contribution in [0.15, 0.2) is 17.6 Å². The molecule has 0 fully saturated rings. The van der Waals surface area contributed by atoms with Gasteiger partial charge in [-0.2, -0.15) is 13.2 Å². The van der Waals surface area contributed by atoms with E-state index < -0.39 is 11.9 Å². The van der Waals surface area contributed by atoms with E-state index in [0.717, 1.165) is 23.0 Å². The van der Waals surface area contributed by atoms with E-state index in [0.29, 0.717) is 0 Å². The zero-order chi connectivity index (χ0) is 14.0. The van der Waals surface area contributed by atoms with Crippen LogP contribution in [0.25, 0.3) is 0 Å². The van der Waals surface area contributed by atoms with E-state index in [1.54, 1.807) is 6.92 Å². The molecule has 2 aromatic heterocycles. The highest BCUT2D eigenvalue weighted by atomic mass is 32.1. The fourth-order valence-electron chi connectivity index (χ4n) is 1.41. The summed E-state index contributed by atoms with van der Waals surface area (Å²) < 4.78 is 37.5. The monoisotopic (exact) mass is 288 g/mol. The van der Waals surface area contributed by atoms with E-state index in [-0.39, 0.29) is 12.0 Å². The molecule has 0 aliphatic heterocycles. The van der Waals surface area contributed by atoms with Crippen LogP contribution in [-0.4, -0.2) is 15.0 Å². The van der Waals surface area contributed by atoms with Gasteiger partial charge in [0.25, 0.3) is 0 Å². The van der Waals surface area contributed by atoms with E-state index in [2.05, 4.69) is 20.3 Å². The first kappa shape index (κ1) is 13.7. The second kappa shape index (κ2) is 5.12. The van der Waals surface area contributed by atoms with Crippen LogP contribution in [0, 0.1) is 6.92 Å². The molecular weight excluding hydrogens is 277 g/mol. The van der Waals surface area contributed by atoms with E-state index in [4.69, 9.17) is 0 Å². The lowest BCUT2D eigenvalue weighted by molar-refractivity contribution is -0.141. The third-order valence-electron chi connectivity index (χ3n) is 2.30. The Morgan fingerprint density at radius 1 is 1.32 bits per heavy atom. The first-order valence-electron chi connectivity index (χ1n) is 5.45. The summed E-state index contributed by atoms with van der Waals surface area (Å²) in [6, 6.07) is 0.589. The number of nitrogens with one attached hydrogen (secondary N) is 1. The highest BCUT2D eigenvalue weighted by Gasteiger charge is 2.32. The first-order chi connectivity index (χ1) is 8.86. The van der Waals surface area contributed by atoms with Gasteiger partial charge in [-0.3, -0.25) is 0 Å². The molecule has 0 saturated carbocycles. The quantitative estimate of drug-likeness (QED) is 0.940. The second-order valence-electron chi connectivity index (χ2n) is 3.96. The Bertz CT molecular complexity index is 567. The van der Waals surface area contributed by atoms with Crippen LogP contribution >= 0.6 is 11.3 Å². The standard InChI is InChI=1S/C11H11F3N4S/c1-6-5-19-9(16-6)7(2)17-10-15-4-3-8(18-10)11(12,13)14/h3-5,7H,1-2H3,(H,15,17,18)/t7-/m0/s1. The van der Waals surface area contributed by atoms with Crippen LogP contribution in [0.2, 0.25) is 0 Å². The Morgan fingerprint density at radius 2 is 2.05 bits per heavy atom.